The highest BCUT2D eigenvalue weighted by molar-refractivity contribution is 4.87. The summed E-state index contributed by atoms with van der Waals surface area (Å²) in [5.74, 6) is 0. The Morgan fingerprint density at radius 1 is 1.13 bits per heavy atom. The lowest BCUT2D eigenvalue weighted by Gasteiger charge is -2.35. The molecule has 2 N–H and O–H groups in total. The van der Waals surface area contributed by atoms with E-state index in [1.165, 1.54) is 0 Å². The van der Waals surface area contributed by atoms with Crippen molar-refractivity contribution in [2.24, 2.45) is 5.73 Å². The predicted octanol–water partition coefficient (Wildman–Crippen LogP) is 2.33. The molecule has 0 fully saturated rings. The Balaban J connectivity index is 4.19. The molecule has 0 aliphatic carbocycles. The maximum absolute atomic E-state index is 6.15. The number of nitrogens with two attached hydrogens (primary N) is 1. The highest BCUT2D eigenvalue weighted by Crippen LogP contribution is 2.24. The number of hydrogen-bond donors (Lipinski definition) is 1. The van der Waals surface area contributed by atoms with E-state index < -0.39 is 0 Å². The van der Waals surface area contributed by atoms with Crippen molar-refractivity contribution in [2.45, 2.75) is 64.2 Å². The summed E-state index contributed by atoms with van der Waals surface area (Å²) in [6.07, 6.45) is 2.79. The summed E-state index contributed by atoms with van der Waals surface area (Å²) in [4.78, 5) is 0. The van der Waals surface area contributed by atoms with E-state index in [-0.39, 0.29) is 17.2 Å². The van der Waals surface area contributed by atoms with E-state index in [9.17, 15) is 0 Å². The third-order valence-corrected chi connectivity index (χ3v) is 3.56. The van der Waals surface area contributed by atoms with Gasteiger partial charge in [-0.25, -0.2) is 0 Å². The van der Waals surface area contributed by atoms with Gasteiger partial charge in [0, 0.05) is 20.3 Å². The Bertz CT molecular complexity index is 176. The molecule has 15 heavy (non-hydrogen) atoms. The fourth-order valence-corrected chi connectivity index (χ4v) is 1.47. The zero-order valence-electron chi connectivity index (χ0n) is 11.1. The smallest absolute Gasteiger partial charge is 0.0798 e. The molecular formula is C12H27NO2. The van der Waals surface area contributed by atoms with E-state index in [2.05, 4.69) is 27.7 Å². The molecule has 3 nitrogen and oxygen atoms in total. The Kier molecular flexibility index (Phi) is 5.78. The SMILES string of the molecule is CCC(C)(OC)C(N)CCC(C)(C)OC. The first kappa shape index (κ1) is 14.9. The van der Waals surface area contributed by atoms with Crippen LogP contribution in [0.15, 0.2) is 0 Å². The van der Waals surface area contributed by atoms with E-state index >= 15 is 0 Å². The Labute approximate surface area is 94.3 Å². The molecule has 2 unspecified atom stereocenters. The van der Waals surface area contributed by atoms with Crippen molar-refractivity contribution in [3.05, 3.63) is 0 Å². The first-order valence-electron chi connectivity index (χ1n) is 5.67. The second-order valence-corrected chi connectivity index (χ2v) is 4.98. The van der Waals surface area contributed by atoms with Gasteiger partial charge < -0.3 is 15.2 Å². The second-order valence-electron chi connectivity index (χ2n) is 4.98. The fraction of sp³-hybridized carbons (Fsp3) is 1.00. The lowest BCUT2D eigenvalue weighted by atomic mass is 9.87. The van der Waals surface area contributed by atoms with Gasteiger partial charge in [0.2, 0.25) is 0 Å². The number of hydrogen-bond acceptors (Lipinski definition) is 3. The average molecular weight is 217 g/mol. The van der Waals surface area contributed by atoms with Gasteiger partial charge in [0.05, 0.1) is 11.2 Å². The first-order valence-corrected chi connectivity index (χ1v) is 5.67. The van der Waals surface area contributed by atoms with Crippen LogP contribution in [0.4, 0.5) is 0 Å². The third kappa shape index (κ3) is 4.49. The molecule has 0 bridgehead atoms. The minimum atomic E-state index is -0.218. The maximum Gasteiger partial charge on any atom is 0.0798 e. The Morgan fingerprint density at radius 2 is 1.67 bits per heavy atom. The van der Waals surface area contributed by atoms with Crippen LogP contribution in [-0.4, -0.2) is 31.5 Å². The van der Waals surface area contributed by atoms with Crippen LogP contribution in [-0.2, 0) is 9.47 Å². The summed E-state index contributed by atoms with van der Waals surface area (Å²) in [5, 5.41) is 0. The van der Waals surface area contributed by atoms with E-state index in [0.717, 1.165) is 19.3 Å². The molecule has 0 aromatic carbocycles. The summed E-state index contributed by atoms with van der Waals surface area (Å²) in [5.41, 5.74) is 5.84. The van der Waals surface area contributed by atoms with Gasteiger partial charge in [-0.3, -0.25) is 0 Å². The topological polar surface area (TPSA) is 44.5 Å². The summed E-state index contributed by atoms with van der Waals surface area (Å²) >= 11 is 0. The zero-order chi connectivity index (χ0) is 12.1. The van der Waals surface area contributed by atoms with Gasteiger partial charge in [0.15, 0.2) is 0 Å². The molecule has 0 saturated carbocycles. The van der Waals surface area contributed by atoms with Crippen molar-refractivity contribution in [3.8, 4) is 0 Å². The minimum absolute atomic E-state index is 0.0573. The van der Waals surface area contributed by atoms with Gasteiger partial charge in [-0.1, -0.05) is 6.92 Å². The molecule has 3 heteroatoms. The minimum Gasteiger partial charge on any atom is -0.379 e. The average Bonchev–Trinajstić information content (AvgIpc) is 2.24. The molecule has 0 radical (unpaired) electrons. The van der Waals surface area contributed by atoms with E-state index in [0.29, 0.717) is 0 Å². The van der Waals surface area contributed by atoms with Gasteiger partial charge in [-0.15, -0.1) is 0 Å². The molecule has 0 aromatic rings. The highest BCUT2D eigenvalue weighted by Gasteiger charge is 2.31. The second kappa shape index (κ2) is 5.83. The van der Waals surface area contributed by atoms with Crippen LogP contribution in [0.3, 0.4) is 0 Å². The van der Waals surface area contributed by atoms with E-state index in [1.807, 2.05) is 0 Å². The van der Waals surface area contributed by atoms with Crippen LogP contribution in [0.1, 0.15) is 47.0 Å². The highest BCUT2D eigenvalue weighted by atomic mass is 16.5. The molecule has 0 rings (SSSR count). The maximum atomic E-state index is 6.15. The van der Waals surface area contributed by atoms with Crippen LogP contribution in [0.2, 0.25) is 0 Å². The molecule has 2 atom stereocenters. The standard InChI is InChI=1S/C12H27NO2/c1-7-12(4,15-6)10(13)8-9-11(2,3)14-5/h10H,7-9,13H2,1-6H3. The van der Waals surface area contributed by atoms with Crippen LogP contribution >= 0.6 is 0 Å². The molecule has 0 heterocycles. The largest absolute Gasteiger partial charge is 0.379 e. The quantitative estimate of drug-likeness (QED) is 0.712. The lowest BCUT2D eigenvalue weighted by molar-refractivity contribution is -0.0334. The van der Waals surface area contributed by atoms with Crippen LogP contribution < -0.4 is 5.73 Å². The molecule has 0 spiro atoms. The summed E-state index contributed by atoms with van der Waals surface area (Å²) < 4.78 is 10.9. The Hall–Kier alpha value is -0.120. The monoisotopic (exact) mass is 217 g/mol. The van der Waals surface area contributed by atoms with Gasteiger partial charge in [0.1, 0.15) is 0 Å². The lowest BCUT2D eigenvalue weighted by Crippen LogP contribution is -2.47. The van der Waals surface area contributed by atoms with Gasteiger partial charge in [-0.05, 0) is 40.0 Å². The summed E-state index contributed by atoms with van der Waals surface area (Å²) in [6.45, 7) is 8.33. The number of methoxy groups -OCH3 is 2. The molecular weight excluding hydrogens is 190 g/mol. The normalized spacial score (nSPS) is 18.6. The summed E-state index contributed by atoms with van der Waals surface area (Å²) in [6, 6.07) is 0.0573. The van der Waals surface area contributed by atoms with Crippen molar-refractivity contribution < 1.29 is 9.47 Å². The molecule has 0 amide bonds. The van der Waals surface area contributed by atoms with Crippen molar-refractivity contribution in [1.82, 2.24) is 0 Å². The number of ether oxygens (including phenoxy) is 2. The Morgan fingerprint density at radius 3 is 2.00 bits per heavy atom. The molecule has 92 valence electrons. The van der Waals surface area contributed by atoms with Gasteiger partial charge in [-0.2, -0.15) is 0 Å². The molecule has 0 aliphatic rings. The van der Waals surface area contributed by atoms with Crippen LogP contribution in [0.25, 0.3) is 0 Å². The zero-order valence-corrected chi connectivity index (χ0v) is 11.1. The molecule has 0 aromatic heterocycles. The van der Waals surface area contributed by atoms with Crippen molar-refractivity contribution in [3.63, 3.8) is 0 Å². The van der Waals surface area contributed by atoms with Crippen LogP contribution in [0, 0.1) is 0 Å². The number of rotatable bonds is 7. The van der Waals surface area contributed by atoms with E-state index in [1.54, 1.807) is 14.2 Å². The first-order chi connectivity index (χ1) is 6.81. The third-order valence-electron chi connectivity index (χ3n) is 3.56. The molecule has 0 aliphatic heterocycles. The van der Waals surface area contributed by atoms with Crippen LogP contribution in [0.5, 0.6) is 0 Å². The summed E-state index contributed by atoms with van der Waals surface area (Å²) in [7, 11) is 3.46. The van der Waals surface area contributed by atoms with Gasteiger partial charge in [0.25, 0.3) is 0 Å². The molecule has 0 saturated heterocycles. The van der Waals surface area contributed by atoms with Crippen molar-refractivity contribution >= 4 is 0 Å². The fourth-order valence-electron chi connectivity index (χ4n) is 1.47. The predicted molar refractivity (Wildman–Crippen MR) is 64.0 cm³/mol. The van der Waals surface area contributed by atoms with Crippen molar-refractivity contribution in [1.29, 1.82) is 0 Å². The van der Waals surface area contributed by atoms with Gasteiger partial charge >= 0.3 is 0 Å². The van der Waals surface area contributed by atoms with E-state index in [4.69, 9.17) is 15.2 Å². The van der Waals surface area contributed by atoms with Crippen molar-refractivity contribution in [2.75, 3.05) is 14.2 Å².